The molecule has 1 atom stereocenters. The van der Waals surface area contributed by atoms with Crippen LogP contribution in [0.15, 0.2) is 24.3 Å². The Bertz CT molecular complexity index is 835. The number of nitrogens with one attached hydrogen (secondary N) is 1. The summed E-state index contributed by atoms with van der Waals surface area (Å²) in [4.78, 5) is 25.2. The molecule has 0 radical (unpaired) electrons. The Balaban J connectivity index is 2.22. The minimum absolute atomic E-state index is 0.00363. The molecule has 5 nitrogen and oxygen atoms in total. The maximum absolute atomic E-state index is 11.9. The highest BCUT2D eigenvalue weighted by Gasteiger charge is 2.33. The summed E-state index contributed by atoms with van der Waals surface area (Å²) in [5.41, 5.74) is 2.52. The average molecular weight is 347 g/mol. The fourth-order valence-electron chi connectivity index (χ4n) is 3.33. The van der Waals surface area contributed by atoms with Gasteiger partial charge in [0.05, 0.1) is 12.1 Å². The Morgan fingerprint density at radius 3 is 2.71 bits per heavy atom. The second-order valence-corrected chi connectivity index (χ2v) is 6.35. The number of benzene rings is 2. The van der Waals surface area contributed by atoms with Crippen molar-refractivity contribution >= 4 is 39.9 Å². The SMILES string of the molecule is CNC(=O)Cc1ccc2c(O)cc3c(c2c1)C(CCl)CN3C(C)=O. The Labute approximate surface area is 145 Å². The van der Waals surface area contributed by atoms with Crippen LogP contribution in [0.4, 0.5) is 5.69 Å². The van der Waals surface area contributed by atoms with E-state index in [4.69, 9.17) is 11.6 Å². The number of rotatable bonds is 3. The van der Waals surface area contributed by atoms with E-state index in [0.717, 1.165) is 16.5 Å². The van der Waals surface area contributed by atoms with Crippen LogP contribution in [0.2, 0.25) is 0 Å². The van der Waals surface area contributed by atoms with E-state index in [1.165, 1.54) is 6.92 Å². The molecule has 0 aliphatic carbocycles. The molecule has 24 heavy (non-hydrogen) atoms. The largest absolute Gasteiger partial charge is 0.507 e. The van der Waals surface area contributed by atoms with Gasteiger partial charge in [-0.05, 0) is 16.5 Å². The molecule has 6 heteroatoms. The predicted octanol–water partition coefficient (Wildman–Crippen LogP) is 2.52. The van der Waals surface area contributed by atoms with Crippen LogP contribution in [0.5, 0.6) is 5.75 Å². The van der Waals surface area contributed by atoms with Crippen molar-refractivity contribution in [2.24, 2.45) is 0 Å². The first-order chi connectivity index (χ1) is 11.5. The van der Waals surface area contributed by atoms with Crippen molar-refractivity contribution in [3.8, 4) is 5.75 Å². The lowest BCUT2D eigenvalue weighted by molar-refractivity contribution is -0.120. The maximum atomic E-state index is 11.9. The summed E-state index contributed by atoms with van der Waals surface area (Å²) in [5, 5.41) is 14.5. The van der Waals surface area contributed by atoms with Crippen LogP contribution in [0.1, 0.15) is 24.0 Å². The normalized spacial score (nSPS) is 16.3. The molecule has 126 valence electrons. The van der Waals surface area contributed by atoms with Crippen molar-refractivity contribution in [2.75, 3.05) is 24.4 Å². The summed E-state index contributed by atoms with van der Waals surface area (Å²) >= 11 is 6.13. The fourth-order valence-corrected chi connectivity index (χ4v) is 3.58. The average Bonchev–Trinajstić information content (AvgIpc) is 2.93. The van der Waals surface area contributed by atoms with E-state index in [9.17, 15) is 14.7 Å². The second-order valence-electron chi connectivity index (χ2n) is 6.04. The van der Waals surface area contributed by atoms with Gasteiger partial charge in [0.25, 0.3) is 0 Å². The van der Waals surface area contributed by atoms with E-state index in [1.807, 2.05) is 18.2 Å². The lowest BCUT2D eigenvalue weighted by Crippen LogP contribution is -2.27. The van der Waals surface area contributed by atoms with E-state index < -0.39 is 0 Å². The van der Waals surface area contributed by atoms with Gasteiger partial charge >= 0.3 is 0 Å². The Morgan fingerprint density at radius 1 is 1.33 bits per heavy atom. The minimum Gasteiger partial charge on any atom is -0.507 e. The van der Waals surface area contributed by atoms with Gasteiger partial charge in [-0.1, -0.05) is 18.2 Å². The van der Waals surface area contributed by atoms with Crippen molar-refractivity contribution in [3.05, 3.63) is 35.4 Å². The molecule has 1 unspecified atom stereocenters. The van der Waals surface area contributed by atoms with Gasteiger partial charge in [0.1, 0.15) is 5.75 Å². The Hall–Kier alpha value is -2.27. The molecule has 2 aromatic carbocycles. The van der Waals surface area contributed by atoms with E-state index in [1.54, 1.807) is 18.0 Å². The number of phenols is 1. The number of aromatic hydroxyl groups is 1. The molecule has 0 spiro atoms. The monoisotopic (exact) mass is 346 g/mol. The van der Waals surface area contributed by atoms with Crippen LogP contribution in [0, 0.1) is 0 Å². The molecule has 0 fully saturated rings. The summed E-state index contributed by atoms with van der Waals surface area (Å²) in [7, 11) is 1.60. The zero-order valence-electron chi connectivity index (χ0n) is 13.6. The van der Waals surface area contributed by atoms with Crippen molar-refractivity contribution in [1.29, 1.82) is 0 Å². The van der Waals surface area contributed by atoms with Crippen LogP contribution < -0.4 is 10.2 Å². The number of nitrogens with zero attached hydrogens (tertiary/aromatic N) is 1. The first kappa shape index (κ1) is 16.6. The molecule has 1 aliphatic heterocycles. The Morgan fingerprint density at radius 2 is 2.08 bits per heavy atom. The van der Waals surface area contributed by atoms with Crippen LogP contribution in [-0.2, 0) is 16.0 Å². The van der Waals surface area contributed by atoms with Gasteiger partial charge in [0, 0.05) is 43.8 Å². The molecule has 2 aromatic rings. The molecule has 0 bridgehead atoms. The van der Waals surface area contributed by atoms with Crippen LogP contribution in [0.3, 0.4) is 0 Å². The summed E-state index contributed by atoms with van der Waals surface area (Å²) < 4.78 is 0. The van der Waals surface area contributed by atoms with Gasteiger partial charge in [-0.15, -0.1) is 11.6 Å². The predicted molar refractivity (Wildman–Crippen MR) is 94.9 cm³/mol. The highest BCUT2D eigenvalue weighted by atomic mass is 35.5. The van der Waals surface area contributed by atoms with Gasteiger partial charge in [0.15, 0.2) is 0 Å². The third-order valence-corrected chi connectivity index (χ3v) is 4.88. The number of phenolic OH excluding ortho intramolecular Hbond substituents is 1. The van der Waals surface area contributed by atoms with E-state index >= 15 is 0 Å². The molecule has 1 heterocycles. The maximum Gasteiger partial charge on any atom is 0.224 e. The number of amides is 2. The first-order valence-electron chi connectivity index (χ1n) is 7.79. The van der Waals surface area contributed by atoms with Gasteiger partial charge in [0.2, 0.25) is 11.8 Å². The topological polar surface area (TPSA) is 69.6 Å². The number of anilines is 1. The molecular weight excluding hydrogens is 328 g/mol. The molecule has 1 aliphatic rings. The van der Waals surface area contributed by atoms with Gasteiger partial charge < -0.3 is 15.3 Å². The highest BCUT2D eigenvalue weighted by molar-refractivity contribution is 6.19. The van der Waals surface area contributed by atoms with Gasteiger partial charge in [-0.3, -0.25) is 9.59 Å². The second kappa shape index (κ2) is 6.32. The molecule has 0 saturated carbocycles. The zero-order chi connectivity index (χ0) is 17.4. The summed E-state index contributed by atoms with van der Waals surface area (Å²) in [5.74, 6) is 0.353. The summed E-state index contributed by atoms with van der Waals surface area (Å²) in [6.07, 6.45) is 0.263. The quantitative estimate of drug-likeness (QED) is 0.839. The highest BCUT2D eigenvalue weighted by Crippen LogP contribution is 2.45. The lowest BCUT2D eigenvalue weighted by Gasteiger charge is -2.16. The number of carbonyl (C=O) groups is 2. The molecule has 3 rings (SSSR count). The van der Waals surface area contributed by atoms with E-state index in [2.05, 4.69) is 5.32 Å². The van der Waals surface area contributed by atoms with E-state index in [0.29, 0.717) is 23.5 Å². The number of hydrogen-bond acceptors (Lipinski definition) is 3. The standard InChI is InChI=1S/C18H19ClN2O3/c1-10(22)21-9-12(8-19)18-14-5-11(6-17(24)20-2)3-4-13(14)16(23)7-15(18)21/h3-5,7,12,23H,6,8-9H2,1-2H3,(H,20,24). The zero-order valence-corrected chi connectivity index (χ0v) is 14.4. The van der Waals surface area contributed by atoms with Crippen LogP contribution in [-0.4, -0.2) is 36.4 Å². The van der Waals surface area contributed by atoms with Crippen LogP contribution in [0.25, 0.3) is 10.8 Å². The first-order valence-corrected chi connectivity index (χ1v) is 8.32. The van der Waals surface area contributed by atoms with Crippen molar-refractivity contribution in [3.63, 3.8) is 0 Å². The smallest absolute Gasteiger partial charge is 0.224 e. The van der Waals surface area contributed by atoms with Crippen molar-refractivity contribution < 1.29 is 14.7 Å². The fraction of sp³-hybridized carbons (Fsp3) is 0.333. The molecular formula is C18H19ClN2O3. The number of fused-ring (bicyclic) bond motifs is 3. The molecule has 0 aromatic heterocycles. The summed E-state index contributed by atoms with van der Waals surface area (Å²) in [6, 6.07) is 7.18. The molecule has 2 amide bonds. The summed E-state index contributed by atoms with van der Waals surface area (Å²) in [6.45, 7) is 2.01. The van der Waals surface area contributed by atoms with Gasteiger partial charge in [-0.25, -0.2) is 0 Å². The van der Waals surface area contributed by atoms with Crippen molar-refractivity contribution in [2.45, 2.75) is 19.3 Å². The van der Waals surface area contributed by atoms with Crippen LogP contribution >= 0.6 is 11.6 Å². The number of likely N-dealkylation sites (N-methyl/N-ethyl adjacent to an activating group) is 1. The number of alkyl halides is 1. The van der Waals surface area contributed by atoms with Crippen molar-refractivity contribution in [1.82, 2.24) is 5.32 Å². The third kappa shape index (κ3) is 2.69. The van der Waals surface area contributed by atoms with E-state index in [-0.39, 0.29) is 29.9 Å². The lowest BCUT2D eigenvalue weighted by atomic mass is 9.93. The number of carbonyl (C=O) groups excluding carboxylic acids is 2. The minimum atomic E-state index is -0.0795. The third-order valence-electron chi connectivity index (χ3n) is 4.51. The number of hydrogen-bond donors (Lipinski definition) is 2. The number of halogens is 1. The molecule has 2 N–H and O–H groups in total. The Kier molecular flexibility index (Phi) is 4.37. The molecule has 0 saturated heterocycles. The van der Waals surface area contributed by atoms with Gasteiger partial charge in [-0.2, -0.15) is 0 Å².